The normalized spacial score (nSPS) is 10.6. The number of hydrogen-bond donors (Lipinski definition) is 1. The van der Waals surface area contributed by atoms with Crippen LogP contribution in [0.1, 0.15) is 6.92 Å². The van der Waals surface area contributed by atoms with Crippen LogP contribution in [0.3, 0.4) is 0 Å². The smallest absolute Gasteiger partial charge is 0.271 e. The molecule has 1 aromatic heterocycles. The van der Waals surface area contributed by atoms with Crippen molar-refractivity contribution in [3.63, 3.8) is 0 Å². The van der Waals surface area contributed by atoms with Gasteiger partial charge in [-0.15, -0.1) is 0 Å². The van der Waals surface area contributed by atoms with Gasteiger partial charge in [0.25, 0.3) is 5.69 Å². The SMILES string of the molecule is CCNc1ccc(-c2cnc3ccc([N+](=O)[O-])cc3n2)cc1. The lowest BCUT2D eigenvalue weighted by molar-refractivity contribution is -0.384. The van der Waals surface area contributed by atoms with Gasteiger partial charge in [-0.1, -0.05) is 12.1 Å². The Morgan fingerprint density at radius 1 is 1.14 bits per heavy atom. The molecular formula is C16H14N4O2. The molecule has 0 amide bonds. The van der Waals surface area contributed by atoms with Crippen molar-refractivity contribution in [1.29, 1.82) is 0 Å². The van der Waals surface area contributed by atoms with Crippen LogP contribution in [-0.2, 0) is 0 Å². The second-order valence-electron chi connectivity index (χ2n) is 4.79. The van der Waals surface area contributed by atoms with Crippen molar-refractivity contribution in [3.8, 4) is 11.3 Å². The average molecular weight is 294 g/mol. The number of nitro benzene ring substituents is 1. The van der Waals surface area contributed by atoms with Crippen LogP contribution in [0.5, 0.6) is 0 Å². The predicted molar refractivity (Wildman–Crippen MR) is 85.8 cm³/mol. The van der Waals surface area contributed by atoms with Crippen molar-refractivity contribution in [2.24, 2.45) is 0 Å². The van der Waals surface area contributed by atoms with E-state index in [2.05, 4.69) is 15.3 Å². The van der Waals surface area contributed by atoms with Crippen molar-refractivity contribution >= 4 is 22.4 Å². The van der Waals surface area contributed by atoms with Crippen LogP contribution < -0.4 is 5.32 Å². The number of anilines is 1. The maximum absolute atomic E-state index is 10.8. The molecule has 1 heterocycles. The number of rotatable bonds is 4. The van der Waals surface area contributed by atoms with Gasteiger partial charge in [-0.3, -0.25) is 15.1 Å². The highest BCUT2D eigenvalue weighted by Crippen LogP contribution is 2.23. The third kappa shape index (κ3) is 2.71. The fourth-order valence-electron chi connectivity index (χ4n) is 2.22. The molecular weight excluding hydrogens is 280 g/mol. The summed E-state index contributed by atoms with van der Waals surface area (Å²) in [5, 5.41) is 14.1. The Hall–Kier alpha value is -3.02. The van der Waals surface area contributed by atoms with E-state index in [1.807, 2.05) is 31.2 Å². The maximum atomic E-state index is 10.8. The van der Waals surface area contributed by atoms with Crippen molar-refractivity contribution in [1.82, 2.24) is 9.97 Å². The maximum Gasteiger partial charge on any atom is 0.271 e. The first-order valence-corrected chi connectivity index (χ1v) is 6.93. The van der Waals surface area contributed by atoms with Gasteiger partial charge in [-0.05, 0) is 25.1 Å². The van der Waals surface area contributed by atoms with Crippen LogP contribution in [0.4, 0.5) is 11.4 Å². The number of aromatic nitrogens is 2. The van der Waals surface area contributed by atoms with Crippen molar-refractivity contribution in [2.45, 2.75) is 6.92 Å². The summed E-state index contributed by atoms with van der Waals surface area (Å²) >= 11 is 0. The summed E-state index contributed by atoms with van der Waals surface area (Å²) in [6.45, 7) is 2.90. The molecule has 0 unspecified atom stereocenters. The lowest BCUT2D eigenvalue weighted by Crippen LogP contribution is -1.96. The van der Waals surface area contributed by atoms with Gasteiger partial charge in [0.15, 0.2) is 0 Å². The molecule has 110 valence electrons. The molecule has 0 radical (unpaired) electrons. The van der Waals surface area contributed by atoms with E-state index in [-0.39, 0.29) is 5.69 Å². The van der Waals surface area contributed by atoms with E-state index in [0.717, 1.165) is 17.8 Å². The Bertz CT molecular complexity index is 831. The summed E-state index contributed by atoms with van der Waals surface area (Å²) in [5.74, 6) is 0. The summed E-state index contributed by atoms with van der Waals surface area (Å²) in [4.78, 5) is 19.2. The average Bonchev–Trinajstić information content (AvgIpc) is 2.55. The molecule has 0 aliphatic rings. The minimum Gasteiger partial charge on any atom is -0.385 e. The third-order valence-electron chi connectivity index (χ3n) is 3.30. The van der Waals surface area contributed by atoms with Gasteiger partial charge in [-0.25, -0.2) is 4.98 Å². The first-order chi connectivity index (χ1) is 10.7. The summed E-state index contributed by atoms with van der Waals surface area (Å²) < 4.78 is 0. The molecule has 0 bridgehead atoms. The van der Waals surface area contributed by atoms with Crippen LogP contribution >= 0.6 is 0 Å². The minimum atomic E-state index is -0.432. The Kier molecular flexibility index (Phi) is 3.65. The number of nitrogens with one attached hydrogen (secondary N) is 1. The molecule has 0 fully saturated rings. The van der Waals surface area contributed by atoms with Gasteiger partial charge in [0.05, 0.1) is 27.8 Å². The van der Waals surface area contributed by atoms with Gasteiger partial charge in [0, 0.05) is 29.9 Å². The summed E-state index contributed by atoms with van der Waals surface area (Å²) in [5.41, 5.74) is 3.82. The Balaban J connectivity index is 2.01. The standard InChI is InChI=1S/C16H14N4O2/c1-2-17-12-5-3-11(4-6-12)16-10-18-14-8-7-13(20(21)22)9-15(14)19-16/h3-10,17H,2H2,1H3. The van der Waals surface area contributed by atoms with Crippen molar-refractivity contribution in [3.05, 3.63) is 58.8 Å². The number of hydrogen-bond acceptors (Lipinski definition) is 5. The number of non-ortho nitro benzene ring substituents is 1. The fourth-order valence-corrected chi connectivity index (χ4v) is 2.22. The number of fused-ring (bicyclic) bond motifs is 1. The van der Waals surface area contributed by atoms with Gasteiger partial charge in [-0.2, -0.15) is 0 Å². The Morgan fingerprint density at radius 3 is 2.59 bits per heavy atom. The first kappa shape index (κ1) is 13.9. The predicted octanol–water partition coefficient (Wildman–Crippen LogP) is 3.64. The van der Waals surface area contributed by atoms with E-state index in [9.17, 15) is 10.1 Å². The largest absolute Gasteiger partial charge is 0.385 e. The van der Waals surface area contributed by atoms with Gasteiger partial charge in [0.2, 0.25) is 0 Å². The van der Waals surface area contributed by atoms with Crippen LogP contribution in [0.2, 0.25) is 0 Å². The number of benzene rings is 2. The zero-order chi connectivity index (χ0) is 15.5. The molecule has 2 aromatic carbocycles. The highest BCUT2D eigenvalue weighted by Gasteiger charge is 2.09. The zero-order valence-electron chi connectivity index (χ0n) is 12.0. The molecule has 1 N–H and O–H groups in total. The summed E-state index contributed by atoms with van der Waals surface area (Å²) in [6.07, 6.45) is 1.68. The van der Waals surface area contributed by atoms with Gasteiger partial charge < -0.3 is 5.32 Å². The van der Waals surface area contributed by atoms with E-state index in [1.54, 1.807) is 12.3 Å². The van der Waals surface area contributed by atoms with E-state index < -0.39 is 4.92 Å². The monoisotopic (exact) mass is 294 g/mol. The summed E-state index contributed by atoms with van der Waals surface area (Å²) in [7, 11) is 0. The molecule has 3 rings (SSSR count). The summed E-state index contributed by atoms with van der Waals surface area (Å²) in [6, 6.07) is 12.3. The first-order valence-electron chi connectivity index (χ1n) is 6.93. The van der Waals surface area contributed by atoms with Crippen molar-refractivity contribution < 1.29 is 4.92 Å². The molecule has 3 aromatic rings. The quantitative estimate of drug-likeness (QED) is 0.587. The fraction of sp³-hybridized carbons (Fsp3) is 0.125. The van der Waals surface area contributed by atoms with Crippen LogP contribution in [0.15, 0.2) is 48.7 Å². The second-order valence-corrected chi connectivity index (χ2v) is 4.79. The van der Waals surface area contributed by atoms with Gasteiger partial charge in [0.1, 0.15) is 0 Å². The minimum absolute atomic E-state index is 0.0152. The van der Waals surface area contributed by atoms with Crippen molar-refractivity contribution in [2.75, 3.05) is 11.9 Å². The van der Waals surface area contributed by atoms with E-state index >= 15 is 0 Å². The van der Waals surface area contributed by atoms with Crippen LogP contribution in [-0.4, -0.2) is 21.4 Å². The van der Waals surface area contributed by atoms with Crippen LogP contribution in [0, 0.1) is 10.1 Å². The van der Waals surface area contributed by atoms with E-state index in [1.165, 1.54) is 12.1 Å². The molecule has 22 heavy (non-hydrogen) atoms. The lowest BCUT2D eigenvalue weighted by Gasteiger charge is -2.05. The third-order valence-corrected chi connectivity index (χ3v) is 3.30. The van der Waals surface area contributed by atoms with E-state index in [0.29, 0.717) is 16.7 Å². The Morgan fingerprint density at radius 2 is 1.91 bits per heavy atom. The topological polar surface area (TPSA) is 81.0 Å². The molecule has 6 heteroatoms. The second kappa shape index (κ2) is 5.77. The molecule has 0 aliphatic carbocycles. The molecule has 6 nitrogen and oxygen atoms in total. The van der Waals surface area contributed by atoms with Gasteiger partial charge >= 0.3 is 0 Å². The highest BCUT2D eigenvalue weighted by molar-refractivity contribution is 5.79. The number of nitrogens with zero attached hydrogens (tertiary/aromatic N) is 3. The lowest BCUT2D eigenvalue weighted by atomic mass is 10.1. The number of nitro groups is 1. The zero-order valence-corrected chi connectivity index (χ0v) is 12.0. The Labute approximate surface area is 127 Å². The molecule has 0 aliphatic heterocycles. The molecule has 0 saturated carbocycles. The van der Waals surface area contributed by atoms with Crippen LogP contribution in [0.25, 0.3) is 22.3 Å². The molecule has 0 atom stereocenters. The highest BCUT2D eigenvalue weighted by atomic mass is 16.6. The molecule has 0 spiro atoms. The molecule has 0 saturated heterocycles. The van der Waals surface area contributed by atoms with E-state index in [4.69, 9.17) is 0 Å².